The first-order valence-electron chi connectivity index (χ1n) is 8.29. The molecule has 26 heavy (non-hydrogen) atoms. The number of benzene rings is 2. The lowest BCUT2D eigenvalue weighted by Crippen LogP contribution is -2.05. The summed E-state index contributed by atoms with van der Waals surface area (Å²) in [5.74, 6) is 1.20. The van der Waals surface area contributed by atoms with Crippen LogP contribution >= 0.6 is 22.6 Å². The molecule has 134 valence electrons. The van der Waals surface area contributed by atoms with Gasteiger partial charge >= 0.3 is 5.97 Å². The predicted octanol–water partition coefficient (Wildman–Crippen LogP) is 4.43. The lowest BCUT2D eigenvalue weighted by atomic mass is 10.1. The van der Waals surface area contributed by atoms with E-state index in [1.807, 2.05) is 56.3 Å². The SMILES string of the molecule is CCOc1cc(/C=C2\N=C(c3ccccc3)OC2=O)cc(I)c1OCC. The molecular weight excluding hydrogens is 445 g/mol. The topological polar surface area (TPSA) is 57.1 Å². The van der Waals surface area contributed by atoms with Crippen LogP contribution in [-0.4, -0.2) is 25.1 Å². The standard InChI is InChI=1S/C20H18INO4/c1-3-24-17-12-13(10-15(21)18(17)25-4-2)11-16-20(23)26-19(22-16)14-8-6-5-7-9-14/h5-12H,3-4H2,1-2H3/b16-11-. The fraction of sp³-hybridized carbons (Fsp3) is 0.200. The summed E-state index contributed by atoms with van der Waals surface area (Å²) in [5, 5.41) is 0. The van der Waals surface area contributed by atoms with E-state index in [1.165, 1.54) is 0 Å². The second kappa shape index (κ2) is 8.35. The summed E-state index contributed by atoms with van der Waals surface area (Å²) in [6, 6.07) is 13.1. The molecule has 0 unspecified atom stereocenters. The number of hydrogen-bond donors (Lipinski definition) is 0. The molecule has 0 saturated heterocycles. The molecule has 0 aromatic heterocycles. The van der Waals surface area contributed by atoms with E-state index >= 15 is 0 Å². The molecule has 0 N–H and O–H groups in total. The van der Waals surface area contributed by atoms with Gasteiger partial charge in [-0.3, -0.25) is 0 Å². The number of cyclic esters (lactones) is 1. The van der Waals surface area contributed by atoms with Crippen LogP contribution in [0, 0.1) is 3.57 Å². The van der Waals surface area contributed by atoms with Crippen molar-refractivity contribution in [2.45, 2.75) is 13.8 Å². The monoisotopic (exact) mass is 463 g/mol. The maximum absolute atomic E-state index is 12.2. The van der Waals surface area contributed by atoms with Crippen molar-refractivity contribution >= 4 is 40.5 Å². The molecule has 1 aliphatic heterocycles. The number of halogens is 1. The van der Waals surface area contributed by atoms with Crippen molar-refractivity contribution in [3.63, 3.8) is 0 Å². The third-order valence-corrected chi connectivity index (χ3v) is 4.37. The van der Waals surface area contributed by atoms with Gasteiger partial charge in [0, 0.05) is 5.56 Å². The van der Waals surface area contributed by atoms with Crippen LogP contribution in [0.15, 0.2) is 53.2 Å². The van der Waals surface area contributed by atoms with Crippen molar-refractivity contribution in [1.82, 2.24) is 0 Å². The van der Waals surface area contributed by atoms with E-state index in [2.05, 4.69) is 27.6 Å². The highest BCUT2D eigenvalue weighted by Gasteiger charge is 2.24. The van der Waals surface area contributed by atoms with Gasteiger partial charge in [-0.25, -0.2) is 9.79 Å². The normalized spacial score (nSPS) is 15.0. The van der Waals surface area contributed by atoms with E-state index in [-0.39, 0.29) is 5.70 Å². The number of aliphatic imine (C=N–C) groups is 1. The predicted molar refractivity (Wildman–Crippen MR) is 109 cm³/mol. The first kappa shape index (κ1) is 18.4. The zero-order valence-corrected chi connectivity index (χ0v) is 16.6. The summed E-state index contributed by atoms with van der Waals surface area (Å²) >= 11 is 2.19. The average molecular weight is 463 g/mol. The maximum atomic E-state index is 12.2. The second-order valence-electron chi connectivity index (χ2n) is 5.40. The van der Waals surface area contributed by atoms with Gasteiger partial charge in [-0.1, -0.05) is 18.2 Å². The smallest absolute Gasteiger partial charge is 0.363 e. The van der Waals surface area contributed by atoms with Crippen molar-refractivity contribution < 1.29 is 19.0 Å². The third kappa shape index (κ3) is 4.07. The molecule has 0 bridgehead atoms. The van der Waals surface area contributed by atoms with Crippen LogP contribution in [0.25, 0.3) is 6.08 Å². The Balaban J connectivity index is 1.96. The zero-order valence-electron chi connectivity index (χ0n) is 14.5. The maximum Gasteiger partial charge on any atom is 0.363 e. The zero-order chi connectivity index (χ0) is 18.5. The molecule has 2 aromatic rings. The van der Waals surface area contributed by atoms with Crippen molar-refractivity contribution in [3.8, 4) is 11.5 Å². The van der Waals surface area contributed by atoms with Gasteiger partial charge in [0.2, 0.25) is 5.90 Å². The number of nitrogens with zero attached hydrogens (tertiary/aromatic N) is 1. The molecule has 0 aliphatic carbocycles. The number of esters is 1. The Morgan fingerprint density at radius 3 is 2.54 bits per heavy atom. The highest BCUT2D eigenvalue weighted by atomic mass is 127. The van der Waals surface area contributed by atoms with Crippen LogP contribution in [0.4, 0.5) is 0 Å². The minimum absolute atomic E-state index is 0.256. The number of ether oxygens (including phenoxy) is 3. The van der Waals surface area contributed by atoms with Gasteiger partial charge < -0.3 is 14.2 Å². The second-order valence-corrected chi connectivity index (χ2v) is 6.56. The molecule has 0 amide bonds. The molecule has 0 fully saturated rings. The molecule has 2 aromatic carbocycles. The van der Waals surface area contributed by atoms with Crippen LogP contribution in [0.2, 0.25) is 0 Å². The minimum atomic E-state index is -0.467. The molecule has 3 rings (SSSR count). The number of carbonyl (C=O) groups excluding carboxylic acids is 1. The van der Waals surface area contributed by atoms with E-state index in [0.29, 0.717) is 30.6 Å². The number of carbonyl (C=O) groups is 1. The summed E-state index contributed by atoms with van der Waals surface area (Å²) in [6.07, 6.45) is 1.69. The largest absolute Gasteiger partial charge is 0.490 e. The highest BCUT2D eigenvalue weighted by Crippen LogP contribution is 2.35. The summed E-state index contributed by atoms with van der Waals surface area (Å²) in [5.41, 5.74) is 1.82. The van der Waals surface area contributed by atoms with E-state index in [4.69, 9.17) is 14.2 Å². The number of hydrogen-bond acceptors (Lipinski definition) is 5. The molecule has 0 spiro atoms. The van der Waals surface area contributed by atoms with Crippen LogP contribution in [0.3, 0.4) is 0 Å². The molecule has 0 saturated carbocycles. The Morgan fingerprint density at radius 2 is 1.85 bits per heavy atom. The molecule has 1 heterocycles. The summed E-state index contributed by atoms with van der Waals surface area (Å²) < 4.78 is 17.5. The highest BCUT2D eigenvalue weighted by molar-refractivity contribution is 14.1. The van der Waals surface area contributed by atoms with Crippen molar-refractivity contribution in [3.05, 3.63) is 62.9 Å². The van der Waals surface area contributed by atoms with Crippen LogP contribution in [-0.2, 0) is 9.53 Å². The first-order valence-corrected chi connectivity index (χ1v) is 9.37. The Kier molecular flexibility index (Phi) is 5.92. The quantitative estimate of drug-likeness (QED) is 0.361. The lowest BCUT2D eigenvalue weighted by molar-refractivity contribution is -0.129. The Morgan fingerprint density at radius 1 is 1.12 bits per heavy atom. The van der Waals surface area contributed by atoms with Gasteiger partial charge in [-0.05, 0) is 72.3 Å². The van der Waals surface area contributed by atoms with Gasteiger partial charge in [-0.15, -0.1) is 0 Å². The van der Waals surface area contributed by atoms with E-state index in [0.717, 1.165) is 14.7 Å². The molecule has 0 atom stereocenters. The fourth-order valence-electron chi connectivity index (χ4n) is 2.49. The van der Waals surface area contributed by atoms with Gasteiger partial charge in [0.15, 0.2) is 17.2 Å². The molecule has 5 nitrogen and oxygen atoms in total. The van der Waals surface area contributed by atoms with E-state index < -0.39 is 5.97 Å². The molecule has 6 heteroatoms. The first-order chi connectivity index (χ1) is 12.6. The third-order valence-electron chi connectivity index (χ3n) is 3.57. The fourth-order valence-corrected chi connectivity index (χ4v) is 3.27. The van der Waals surface area contributed by atoms with Gasteiger partial charge in [0.05, 0.1) is 16.8 Å². The van der Waals surface area contributed by atoms with Crippen molar-refractivity contribution in [2.75, 3.05) is 13.2 Å². The van der Waals surface area contributed by atoms with Crippen LogP contribution < -0.4 is 9.47 Å². The summed E-state index contributed by atoms with van der Waals surface area (Å²) in [7, 11) is 0. The summed E-state index contributed by atoms with van der Waals surface area (Å²) in [6.45, 7) is 4.91. The Hall–Kier alpha value is -2.35. The van der Waals surface area contributed by atoms with Gasteiger partial charge in [0.25, 0.3) is 0 Å². The Bertz CT molecular complexity index is 875. The van der Waals surface area contributed by atoms with Gasteiger partial charge in [-0.2, -0.15) is 0 Å². The average Bonchev–Trinajstić information content (AvgIpc) is 3.00. The van der Waals surface area contributed by atoms with E-state index in [1.54, 1.807) is 6.08 Å². The Labute approximate surface area is 165 Å². The molecular formula is C20H18INO4. The summed E-state index contributed by atoms with van der Waals surface area (Å²) in [4.78, 5) is 16.5. The molecule has 0 radical (unpaired) electrons. The lowest BCUT2D eigenvalue weighted by Gasteiger charge is -2.13. The number of rotatable bonds is 6. The van der Waals surface area contributed by atoms with Gasteiger partial charge in [0.1, 0.15) is 0 Å². The van der Waals surface area contributed by atoms with Crippen LogP contribution in [0.5, 0.6) is 11.5 Å². The minimum Gasteiger partial charge on any atom is -0.490 e. The van der Waals surface area contributed by atoms with Crippen molar-refractivity contribution in [1.29, 1.82) is 0 Å². The van der Waals surface area contributed by atoms with Crippen LogP contribution in [0.1, 0.15) is 25.0 Å². The van der Waals surface area contributed by atoms with Crippen molar-refractivity contribution in [2.24, 2.45) is 4.99 Å². The molecule has 1 aliphatic rings. The van der Waals surface area contributed by atoms with E-state index in [9.17, 15) is 4.79 Å².